The van der Waals surface area contributed by atoms with Crippen molar-refractivity contribution in [2.24, 2.45) is 4.99 Å². The molecule has 0 aliphatic rings. The van der Waals surface area contributed by atoms with E-state index in [0.29, 0.717) is 28.2 Å². The summed E-state index contributed by atoms with van der Waals surface area (Å²) in [5, 5.41) is 11.1. The van der Waals surface area contributed by atoms with Crippen molar-refractivity contribution >= 4 is 50.7 Å². The molecular formula is C19H16ClN3O6S. The molecule has 2 aromatic carbocycles. The number of rotatable bonds is 6. The Morgan fingerprint density at radius 1 is 1.23 bits per heavy atom. The van der Waals surface area contributed by atoms with Crippen molar-refractivity contribution in [3.63, 3.8) is 0 Å². The maximum atomic E-state index is 12.7. The highest BCUT2D eigenvalue weighted by Gasteiger charge is 2.17. The number of amides is 1. The van der Waals surface area contributed by atoms with Crippen LogP contribution in [0.2, 0.25) is 5.02 Å². The number of non-ortho nitro benzene ring substituents is 1. The van der Waals surface area contributed by atoms with Crippen LogP contribution in [-0.4, -0.2) is 42.2 Å². The zero-order chi connectivity index (χ0) is 21.8. The summed E-state index contributed by atoms with van der Waals surface area (Å²) >= 11 is 7.25. The lowest BCUT2D eigenvalue weighted by molar-refractivity contribution is -0.384. The first-order valence-corrected chi connectivity index (χ1v) is 9.78. The fourth-order valence-corrected chi connectivity index (χ4v) is 4.03. The highest BCUT2D eigenvalue weighted by atomic mass is 35.5. The summed E-state index contributed by atoms with van der Waals surface area (Å²) in [5.41, 5.74) is 0.785. The Balaban J connectivity index is 2.14. The summed E-state index contributed by atoms with van der Waals surface area (Å²) in [6, 6.07) is 8.60. The van der Waals surface area contributed by atoms with Crippen LogP contribution in [0, 0.1) is 10.1 Å². The van der Waals surface area contributed by atoms with E-state index < -0.39 is 16.8 Å². The zero-order valence-electron chi connectivity index (χ0n) is 16.0. The molecule has 0 aliphatic heterocycles. The third-order valence-electron chi connectivity index (χ3n) is 4.21. The van der Waals surface area contributed by atoms with Crippen LogP contribution >= 0.6 is 22.9 Å². The van der Waals surface area contributed by atoms with Crippen molar-refractivity contribution in [1.29, 1.82) is 0 Å². The number of fused-ring (bicyclic) bond motifs is 1. The SMILES string of the molecule is COCCn1c(=NC(=O)c2cc([N+](=O)[O-])ccc2Cl)sc2cc(C(=O)OC)ccc21. The summed E-state index contributed by atoms with van der Waals surface area (Å²) in [4.78, 5) is 39.5. The molecule has 11 heteroatoms. The average Bonchev–Trinajstić information content (AvgIpc) is 3.07. The number of nitrogens with zero attached hydrogens (tertiary/aromatic N) is 3. The predicted octanol–water partition coefficient (Wildman–Crippen LogP) is 3.44. The molecule has 0 aliphatic carbocycles. The number of ether oxygens (including phenoxy) is 2. The molecule has 9 nitrogen and oxygen atoms in total. The van der Waals surface area contributed by atoms with Gasteiger partial charge in [0.05, 0.1) is 45.0 Å². The summed E-state index contributed by atoms with van der Waals surface area (Å²) in [7, 11) is 2.84. The summed E-state index contributed by atoms with van der Waals surface area (Å²) in [6.45, 7) is 0.770. The van der Waals surface area contributed by atoms with E-state index in [0.717, 1.165) is 11.6 Å². The van der Waals surface area contributed by atoms with E-state index in [2.05, 4.69) is 4.99 Å². The fraction of sp³-hybridized carbons (Fsp3) is 0.211. The Bertz CT molecular complexity index is 1220. The number of methoxy groups -OCH3 is 2. The highest BCUT2D eigenvalue weighted by molar-refractivity contribution is 7.16. The molecule has 30 heavy (non-hydrogen) atoms. The number of aromatic nitrogens is 1. The average molecular weight is 450 g/mol. The molecule has 3 aromatic rings. The molecule has 0 saturated heterocycles. The van der Waals surface area contributed by atoms with Gasteiger partial charge in [-0.2, -0.15) is 4.99 Å². The van der Waals surface area contributed by atoms with Crippen molar-refractivity contribution in [3.05, 3.63) is 67.5 Å². The number of hydrogen-bond acceptors (Lipinski definition) is 7. The first-order chi connectivity index (χ1) is 14.3. The molecule has 1 aromatic heterocycles. The lowest BCUT2D eigenvalue weighted by Gasteiger charge is -2.05. The number of carbonyl (C=O) groups excluding carboxylic acids is 2. The third kappa shape index (κ3) is 4.40. The standard InChI is InChI=1S/C19H16ClN3O6S/c1-28-8-7-22-15-6-3-11(18(25)29-2)9-16(15)30-19(22)21-17(24)13-10-12(23(26)27)4-5-14(13)20/h3-6,9-10H,7-8H2,1-2H3. The van der Waals surface area contributed by atoms with Crippen molar-refractivity contribution in [1.82, 2.24) is 4.57 Å². The molecular weight excluding hydrogens is 434 g/mol. The maximum absolute atomic E-state index is 12.7. The number of nitro groups is 1. The van der Waals surface area contributed by atoms with Crippen molar-refractivity contribution < 1.29 is 24.0 Å². The van der Waals surface area contributed by atoms with Crippen LogP contribution in [0.3, 0.4) is 0 Å². The highest BCUT2D eigenvalue weighted by Crippen LogP contribution is 2.24. The second-order valence-corrected chi connectivity index (χ2v) is 7.46. The maximum Gasteiger partial charge on any atom is 0.337 e. The Morgan fingerprint density at radius 2 is 2.00 bits per heavy atom. The van der Waals surface area contributed by atoms with E-state index in [9.17, 15) is 19.7 Å². The van der Waals surface area contributed by atoms with E-state index in [4.69, 9.17) is 21.1 Å². The van der Waals surface area contributed by atoms with Gasteiger partial charge in [0.2, 0.25) is 0 Å². The molecule has 0 spiro atoms. The minimum Gasteiger partial charge on any atom is -0.465 e. The van der Waals surface area contributed by atoms with Gasteiger partial charge in [0.15, 0.2) is 4.80 Å². The number of benzene rings is 2. The van der Waals surface area contributed by atoms with E-state index in [1.54, 1.807) is 29.9 Å². The van der Waals surface area contributed by atoms with Crippen molar-refractivity contribution in [2.45, 2.75) is 6.54 Å². The molecule has 1 heterocycles. The molecule has 1 amide bonds. The summed E-state index contributed by atoms with van der Waals surface area (Å²) < 4.78 is 12.4. The van der Waals surface area contributed by atoms with Gasteiger partial charge in [-0.3, -0.25) is 14.9 Å². The molecule has 0 atom stereocenters. The van der Waals surface area contributed by atoms with Crippen LogP contribution in [0.5, 0.6) is 0 Å². The van der Waals surface area contributed by atoms with Crippen LogP contribution in [0.4, 0.5) is 5.69 Å². The lowest BCUT2D eigenvalue weighted by Crippen LogP contribution is -2.19. The molecule has 0 saturated carbocycles. The van der Waals surface area contributed by atoms with E-state index in [1.807, 2.05) is 0 Å². The molecule has 0 fully saturated rings. The normalized spacial score (nSPS) is 11.6. The van der Waals surface area contributed by atoms with Crippen LogP contribution in [0.1, 0.15) is 20.7 Å². The Kier molecular flexibility index (Phi) is 6.60. The minimum absolute atomic E-state index is 0.0619. The van der Waals surface area contributed by atoms with Gasteiger partial charge in [-0.05, 0) is 24.3 Å². The van der Waals surface area contributed by atoms with E-state index in [1.165, 1.54) is 30.6 Å². The fourth-order valence-electron chi connectivity index (χ4n) is 2.74. The van der Waals surface area contributed by atoms with Crippen molar-refractivity contribution in [3.8, 4) is 0 Å². The second-order valence-electron chi connectivity index (χ2n) is 6.04. The van der Waals surface area contributed by atoms with Crippen LogP contribution < -0.4 is 4.80 Å². The summed E-state index contributed by atoms with van der Waals surface area (Å²) in [5.74, 6) is -1.19. The van der Waals surface area contributed by atoms with Gasteiger partial charge in [-0.25, -0.2) is 4.79 Å². The number of halogens is 1. The first-order valence-electron chi connectivity index (χ1n) is 8.59. The lowest BCUT2D eigenvalue weighted by atomic mass is 10.2. The number of esters is 1. The van der Waals surface area contributed by atoms with Crippen LogP contribution in [0.15, 0.2) is 41.4 Å². The van der Waals surface area contributed by atoms with Gasteiger partial charge in [0, 0.05) is 25.8 Å². The van der Waals surface area contributed by atoms with Gasteiger partial charge in [0.1, 0.15) is 0 Å². The van der Waals surface area contributed by atoms with Gasteiger partial charge in [-0.1, -0.05) is 22.9 Å². The molecule has 3 rings (SSSR count). The first kappa shape index (κ1) is 21.6. The topological polar surface area (TPSA) is 113 Å². The van der Waals surface area contributed by atoms with Gasteiger partial charge in [-0.15, -0.1) is 0 Å². The van der Waals surface area contributed by atoms with E-state index >= 15 is 0 Å². The van der Waals surface area contributed by atoms with Crippen molar-refractivity contribution in [2.75, 3.05) is 20.8 Å². The number of thiazole rings is 1. The Labute approximate surface area is 179 Å². The zero-order valence-corrected chi connectivity index (χ0v) is 17.5. The monoisotopic (exact) mass is 449 g/mol. The quantitative estimate of drug-likeness (QED) is 0.323. The summed E-state index contributed by atoms with van der Waals surface area (Å²) in [6.07, 6.45) is 0. The smallest absolute Gasteiger partial charge is 0.337 e. The largest absolute Gasteiger partial charge is 0.465 e. The molecule has 0 bridgehead atoms. The number of carbonyl (C=O) groups is 2. The third-order valence-corrected chi connectivity index (χ3v) is 5.58. The minimum atomic E-state index is -0.713. The molecule has 0 N–H and O–H groups in total. The van der Waals surface area contributed by atoms with Gasteiger partial charge in [0.25, 0.3) is 11.6 Å². The predicted molar refractivity (Wildman–Crippen MR) is 111 cm³/mol. The van der Waals surface area contributed by atoms with Gasteiger partial charge >= 0.3 is 5.97 Å². The van der Waals surface area contributed by atoms with Crippen LogP contribution in [0.25, 0.3) is 10.2 Å². The number of nitro benzene ring substituents is 1. The van der Waals surface area contributed by atoms with E-state index in [-0.39, 0.29) is 16.3 Å². The molecule has 0 radical (unpaired) electrons. The Hall–Kier alpha value is -3.08. The Morgan fingerprint density at radius 3 is 2.67 bits per heavy atom. The number of hydrogen-bond donors (Lipinski definition) is 0. The molecule has 156 valence electrons. The van der Waals surface area contributed by atoms with Crippen LogP contribution in [-0.2, 0) is 16.0 Å². The molecule has 0 unspecified atom stereocenters. The second kappa shape index (κ2) is 9.16. The van der Waals surface area contributed by atoms with Gasteiger partial charge < -0.3 is 14.0 Å².